The Morgan fingerprint density at radius 3 is 1.06 bits per heavy atom. The number of hydrogen-bond donors (Lipinski definition) is 1. The van der Waals surface area contributed by atoms with Gasteiger partial charge in [-0.25, -0.2) is 23.7 Å². The molecule has 0 fully saturated rings. The highest BCUT2D eigenvalue weighted by molar-refractivity contribution is 5.99. The number of amides is 2. The second kappa shape index (κ2) is 45.5. The van der Waals surface area contributed by atoms with Crippen LogP contribution in [0.5, 0.6) is 5.88 Å². The lowest BCUT2D eigenvalue weighted by Crippen LogP contribution is -2.29. The molecule has 119 heavy (non-hydrogen) atoms. The van der Waals surface area contributed by atoms with Gasteiger partial charge in [0.25, 0.3) is 0 Å². The fourth-order valence-corrected chi connectivity index (χ4v) is 13.6. The van der Waals surface area contributed by atoms with Crippen molar-refractivity contribution in [2.75, 3.05) is 72.7 Å². The van der Waals surface area contributed by atoms with E-state index < -0.39 is 5.95 Å². The van der Waals surface area contributed by atoms with Crippen molar-refractivity contribution in [3.63, 3.8) is 0 Å². The summed E-state index contributed by atoms with van der Waals surface area (Å²) < 4.78 is 47.7. The molecule has 614 valence electrons. The highest BCUT2D eigenvalue weighted by atomic mass is 19.1. The van der Waals surface area contributed by atoms with Gasteiger partial charge in [0, 0.05) is 155 Å². The molecule has 0 unspecified atom stereocenters. The fourth-order valence-electron chi connectivity index (χ4n) is 13.6. The number of halogens is 3. The second-order valence-corrected chi connectivity index (χ2v) is 28.8. The smallest absolute Gasteiger partial charge is 0.226 e. The number of nitrogens with zero attached hydrogens (tertiary/aromatic N) is 8. The monoisotopic (exact) mass is 1600 g/mol. The van der Waals surface area contributed by atoms with Crippen molar-refractivity contribution >= 4 is 63.5 Å². The third-order valence-corrected chi connectivity index (χ3v) is 20.5. The number of anilines is 5. The maximum Gasteiger partial charge on any atom is 0.226 e. The largest absolute Gasteiger partial charge is 0.481 e. The van der Waals surface area contributed by atoms with E-state index in [-0.39, 0.29) is 53.0 Å². The van der Waals surface area contributed by atoms with E-state index in [9.17, 15) is 41.9 Å². The summed E-state index contributed by atoms with van der Waals surface area (Å²) in [6, 6.07) is 70.7. The Bertz CT molecular complexity index is 5140. The van der Waals surface area contributed by atoms with Crippen LogP contribution in [0.3, 0.4) is 0 Å². The quantitative estimate of drug-likeness (QED) is 0.0300. The SMILES string of the molecule is CCC(=O)N(CC)c1ccc(-c2ccc(C(=O)CCc3cccnc3C)cc2)cc1.CCC(=O)N(CC)c1ccc(-c2ccc(C(=O)CCc3cccnc3F)cc2)cc1.CCCN(C)c1ccc(-c2ccc(C(=O)CCc3ccc(N)nc3)cc2)cc1F.CCCN(C)c1ccc(-c2ccc(C(=O)CCc3ccc(OC)nc3)cc2)cc1F. The van der Waals surface area contributed by atoms with Crippen molar-refractivity contribution in [3.05, 3.63) is 323 Å². The van der Waals surface area contributed by atoms with Crippen LogP contribution in [0.25, 0.3) is 44.5 Å². The average molecular weight is 1600 g/mol. The molecule has 0 saturated carbocycles. The lowest BCUT2D eigenvalue weighted by molar-refractivity contribution is -0.119. The predicted octanol–water partition coefficient (Wildman–Crippen LogP) is 21.8. The number of carbonyl (C=O) groups excluding carboxylic acids is 6. The minimum absolute atomic E-state index is 0.0307. The number of pyridine rings is 4. The van der Waals surface area contributed by atoms with Crippen LogP contribution in [0.15, 0.2) is 255 Å². The van der Waals surface area contributed by atoms with Crippen LogP contribution < -0.4 is 30.1 Å². The molecule has 12 aromatic rings. The number of aromatic nitrogens is 4. The molecule has 4 heterocycles. The van der Waals surface area contributed by atoms with Crippen molar-refractivity contribution < 1.29 is 46.7 Å². The van der Waals surface area contributed by atoms with Gasteiger partial charge < -0.3 is 30.1 Å². The van der Waals surface area contributed by atoms with E-state index in [1.165, 1.54) is 6.20 Å². The molecule has 0 bridgehead atoms. The van der Waals surface area contributed by atoms with Crippen LogP contribution in [-0.2, 0) is 35.3 Å². The number of nitrogens with two attached hydrogens (primary N) is 1. The number of hydrogen-bond acceptors (Lipinski definition) is 14. The van der Waals surface area contributed by atoms with Gasteiger partial charge in [0.1, 0.15) is 17.5 Å². The number of rotatable bonds is 33. The summed E-state index contributed by atoms with van der Waals surface area (Å²) >= 11 is 0. The van der Waals surface area contributed by atoms with Crippen LogP contribution in [0.2, 0.25) is 0 Å². The topological polar surface area (TPSA) is 202 Å². The van der Waals surface area contributed by atoms with Crippen molar-refractivity contribution in [1.82, 2.24) is 19.9 Å². The van der Waals surface area contributed by atoms with Gasteiger partial charge >= 0.3 is 0 Å². The van der Waals surface area contributed by atoms with E-state index in [1.807, 2.05) is 210 Å². The average Bonchev–Trinajstić information content (AvgIpc) is 0.811. The molecular weight excluding hydrogens is 1500 g/mol. The minimum atomic E-state index is -0.522. The molecule has 12 rings (SSSR count). The van der Waals surface area contributed by atoms with E-state index >= 15 is 0 Å². The summed E-state index contributed by atoms with van der Waals surface area (Å²) in [6.07, 6.45) is 13.2. The van der Waals surface area contributed by atoms with Crippen LogP contribution in [-0.4, -0.2) is 102 Å². The minimum Gasteiger partial charge on any atom is -0.481 e. The van der Waals surface area contributed by atoms with Crippen LogP contribution in [0.1, 0.15) is 162 Å². The Morgan fingerprint density at radius 2 is 0.731 bits per heavy atom. The van der Waals surface area contributed by atoms with Gasteiger partial charge in [-0.3, -0.25) is 33.8 Å². The van der Waals surface area contributed by atoms with Gasteiger partial charge in [0.05, 0.1) is 18.5 Å². The van der Waals surface area contributed by atoms with Crippen molar-refractivity contribution in [2.24, 2.45) is 0 Å². The van der Waals surface area contributed by atoms with Crippen molar-refractivity contribution in [3.8, 4) is 50.4 Å². The molecule has 2 N–H and O–H groups in total. The Labute approximate surface area is 698 Å². The zero-order valence-corrected chi connectivity index (χ0v) is 69.7. The highest BCUT2D eigenvalue weighted by Crippen LogP contribution is 2.32. The molecule has 0 radical (unpaired) electrons. The lowest BCUT2D eigenvalue weighted by Gasteiger charge is -2.20. The highest BCUT2D eigenvalue weighted by Gasteiger charge is 2.19. The van der Waals surface area contributed by atoms with Gasteiger partial charge in [-0.2, -0.15) is 4.39 Å². The Kier molecular flexibility index (Phi) is 34.3. The first-order valence-electron chi connectivity index (χ1n) is 40.6. The fraction of sp³-hybridized carbons (Fsp3) is 0.260. The molecule has 0 saturated heterocycles. The summed E-state index contributed by atoms with van der Waals surface area (Å²) in [5.41, 5.74) is 23.2. The first kappa shape index (κ1) is 89.9. The van der Waals surface area contributed by atoms with E-state index in [0.29, 0.717) is 116 Å². The van der Waals surface area contributed by atoms with Gasteiger partial charge in [0.2, 0.25) is 23.6 Å². The van der Waals surface area contributed by atoms with Crippen LogP contribution >= 0.6 is 0 Å². The van der Waals surface area contributed by atoms with Crippen molar-refractivity contribution in [2.45, 2.75) is 126 Å². The maximum absolute atomic E-state index is 14.5. The number of ketones is 4. The molecule has 0 aliphatic carbocycles. The number of aryl methyl sites for hydroxylation is 5. The first-order chi connectivity index (χ1) is 57.5. The maximum atomic E-state index is 14.5. The second-order valence-electron chi connectivity index (χ2n) is 28.8. The number of benzene rings is 8. The number of ether oxygens (including phenoxy) is 1. The third-order valence-electron chi connectivity index (χ3n) is 20.5. The first-order valence-corrected chi connectivity index (χ1v) is 40.6. The number of Topliss-reactive ketones (excluding diaryl/α,β-unsaturated/α-hetero) is 4. The van der Waals surface area contributed by atoms with Gasteiger partial charge in [-0.05, 0) is 187 Å². The molecule has 2 amide bonds. The van der Waals surface area contributed by atoms with E-state index in [2.05, 4.69) is 33.8 Å². The summed E-state index contributed by atoms with van der Waals surface area (Å²) in [4.78, 5) is 97.5. The molecule has 4 aromatic heterocycles. The van der Waals surface area contributed by atoms with Crippen molar-refractivity contribution in [1.29, 1.82) is 0 Å². The normalized spacial score (nSPS) is 10.7. The summed E-state index contributed by atoms with van der Waals surface area (Å²) in [5.74, 6) is 0.483. The molecule has 0 spiro atoms. The number of nitrogen functional groups attached to an aromatic ring is 1. The lowest BCUT2D eigenvalue weighted by atomic mass is 9.99. The Balaban J connectivity index is 0.000000181. The standard InChI is InChI=1S/C26H28N2O2.C25H27FN2O2.C25H25FN2O2.C24H26FN3O/c1-4-26(30)28(5-2)24-15-12-22(13-16-24)21-8-10-23(11-9-21)25(29)17-14-20-7-6-18-27-19(20)3;1-4-15-28(2)23-12-11-21(16-22(23)26)19-7-9-20(10-8-19)24(29)13-5-18-6-14-25(30-3)27-17-18;1-3-24(30)28(4-2)22-14-11-19(12-15-22)18-7-9-20(10-8-18)23(29)16-13-21-6-5-17-27-25(21)26;1-3-14-28(2)22-11-10-20(15-21(22)25)18-6-8-19(9-7-18)23(29)12-4-17-5-13-24(26)27-16-17/h6-13,15-16,18H,4-5,14,17H2,1-3H3;6-12,14,16-17H,4-5,13,15H2,1-3H3;5-12,14-15,17H,3-4,13,16H2,1-2H3;5-11,13,15-16H,3-4,12,14H2,1-2H3,(H2,26,27). The van der Waals surface area contributed by atoms with Gasteiger partial charge in [-0.15, -0.1) is 0 Å². The van der Waals surface area contributed by atoms with E-state index in [4.69, 9.17) is 10.5 Å². The summed E-state index contributed by atoms with van der Waals surface area (Å²) in [5, 5.41) is 0. The van der Waals surface area contributed by atoms with Crippen LogP contribution in [0.4, 0.5) is 41.7 Å². The molecule has 8 aromatic carbocycles. The van der Waals surface area contributed by atoms with E-state index in [1.54, 1.807) is 114 Å². The zero-order chi connectivity index (χ0) is 85.3. The van der Waals surface area contributed by atoms with Gasteiger partial charge in [0.15, 0.2) is 23.1 Å². The third kappa shape index (κ3) is 26.0. The Hall–Kier alpha value is -13.0. The number of methoxy groups -OCH3 is 1. The molecule has 0 atom stereocenters. The predicted molar refractivity (Wildman–Crippen MR) is 474 cm³/mol. The molecular formula is C100H106F3N9O7. The van der Waals surface area contributed by atoms with E-state index in [0.717, 1.165) is 110 Å². The summed E-state index contributed by atoms with van der Waals surface area (Å²) in [6.45, 7) is 16.7. The summed E-state index contributed by atoms with van der Waals surface area (Å²) in [7, 11) is 5.36. The molecule has 0 aliphatic rings. The molecule has 16 nitrogen and oxygen atoms in total. The Morgan fingerprint density at radius 1 is 0.387 bits per heavy atom. The molecule has 19 heteroatoms. The molecule has 0 aliphatic heterocycles. The van der Waals surface area contributed by atoms with Crippen LogP contribution in [0, 0.1) is 24.5 Å². The van der Waals surface area contributed by atoms with Gasteiger partial charge in [-0.1, -0.05) is 185 Å². The zero-order valence-electron chi connectivity index (χ0n) is 69.7. The number of carbonyl (C=O) groups is 6.